The predicted octanol–water partition coefficient (Wildman–Crippen LogP) is 2.32. The zero-order valence-corrected chi connectivity index (χ0v) is 12.6. The van der Waals surface area contributed by atoms with E-state index in [1.807, 2.05) is 30.3 Å². The molecule has 0 radical (unpaired) electrons. The van der Waals surface area contributed by atoms with Gasteiger partial charge in [-0.15, -0.1) is 0 Å². The van der Waals surface area contributed by atoms with Gasteiger partial charge in [0, 0.05) is 12.2 Å². The SMILES string of the molecule is Nc1cccc(CS(=O)(=O)NCCCc2ccccc2)c1. The quantitative estimate of drug-likeness (QED) is 0.609. The Hall–Kier alpha value is -1.85. The van der Waals surface area contributed by atoms with Crippen LogP contribution in [0.5, 0.6) is 0 Å². The Kier molecular flexibility index (Phi) is 5.36. The maximum Gasteiger partial charge on any atom is 0.215 e. The average Bonchev–Trinajstić information content (AvgIpc) is 2.44. The van der Waals surface area contributed by atoms with Crippen molar-refractivity contribution in [3.8, 4) is 0 Å². The highest BCUT2D eigenvalue weighted by molar-refractivity contribution is 7.88. The summed E-state index contributed by atoms with van der Waals surface area (Å²) in [7, 11) is -3.31. The Labute approximate surface area is 126 Å². The lowest BCUT2D eigenvalue weighted by Crippen LogP contribution is -2.26. The molecule has 0 aliphatic carbocycles. The van der Waals surface area contributed by atoms with Gasteiger partial charge in [0.1, 0.15) is 0 Å². The van der Waals surface area contributed by atoms with E-state index in [0.717, 1.165) is 12.8 Å². The van der Waals surface area contributed by atoms with Gasteiger partial charge >= 0.3 is 0 Å². The molecular weight excluding hydrogens is 284 g/mol. The van der Waals surface area contributed by atoms with Crippen molar-refractivity contribution < 1.29 is 8.42 Å². The van der Waals surface area contributed by atoms with E-state index in [1.165, 1.54) is 5.56 Å². The first-order chi connectivity index (χ1) is 10.1. The molecule has 3 N–H and O–H groups in total. The van der Waals surface area contributed by atoms with Crippen LogP contribution in [0.2, 0.25) is 0 Å². The Morgan fingerprint density at radius 2 is 1.67 bits per heavy atom. The van der Waals surface area contributed by atoms with Crippen LogP contribution in [0.25, 0.3) is 0 Å². The van der Waals surface area contributed by atoms with Gasteiger partial charge in [-0.25, -0.2) is 13.1 Å². The van der Waals surface area contributed by atoms with Crippen molar-refractivity contribution in [3.63, 3.8) is 0 Å². The molecular formula is C16H20N2O2S. The van der Waals surface area contributed by atoms with Crippen LogP contribution >= 0.6 is 0 Å². The van der Waals surface area contributed by atoms with Crippen LogP contribution in [0.4, 0.5) is 5.69 Å². The Morgan fingerprint density at radius 3 is 2.38 bits per heavy atom. The minimum absolute atomic E-state index is 0.0383. The number of hydrogen-bond acceptors (Lipinski definition) is 3. The molecule has 0 spiro atoms. The lowest BCUT2D eigenvalue weighted by atomic mass is 10.1. The van der Waals surface area contributed by atoms with E-state index >= 15 is 0 Å². The molecule has 21 heavy (non-hydrogen) atoms. The summed E-state index contributed by atoms with van der Waals surface area (Å²) in [5.41, 5.74) is 8.14. The minimum atomic E-state index is -3.31. The lowest BCUT2D eigenvalue weighted by molar-refractivity contribution is 0.578. The van der Waals surface area contributed by atoms with Crippen LogP contribution in [-0.2, 0) is 22.2 Å². The third-order valence-corrected chi connectivity index (χ3v) is 4.47. The number of anilines is 1. The van der Waals surface area contributed by atoms with Crippen LogP contribution in [0.15, 0.2) is 54.6 Å². The van der Waals surface area contributed by atoms with Crippen molar-refractivity contribution in [2.75, 3.05) is 12.3 Å². The van der Waals surface area contributed by atoms with Gasteiger partial charge in [0.2, 0.25) is 10.0 Å². The molecule has 2 aromatic carbocycles. The molecule has 0 fully saturated rings. The van der Waals surface area contributed by atoms with E-state index in [-0.39, 0.29) is 5.75 Å². The summed E-state index contributed by atoms with van der Waals surface area (Å²) in [5, 5.41) is 0. The topological polar surface area (TPSA) is 72.2 Å². The molecule has 5 heteroatoms. The third-order valence-electron chi connectivity index (χ3n) is 3.11. The molecule has 0 atom stereocenters. The number of nitrogens with one attached hydrogen (secondary N) is 1. The second-order valence-corrected chi connectivity index (χ2v) is 6.79. The molecule has 0 amide bonds. The highest BCUT2D eigenvalue weighted by atomic mass is 32.2. The van der Waals surface area contributed by atoms with Crippen LogP contribution < -0.4 is 10.5 Å². The summed E-state index contributed by atoms with van der Waals surface area (Å²) in [5.74, 6) is -0.0383. The van der Waals surface area contributed by atoms with Crippen LogP contribution in [0.3, 0.4) is 0 Å². The van der Waals surface area contributed by atoms with Crippen molar-refractivity contribution in [1.29, 1.82) is 0 Å². The number of aryl methyl sites for hydroxylation is 1. The first-order valence-electron chi connectivity index (χ1n) is 6.91. The summed E-state index contributed by atoms with van der Waals surface area (Å²) in [4.78, 5) is 0. The molecule has 0 heterocycles. The van der Waals surface area contributed by atoms with Crippen LogP contribution in [-0.4, -0.2) is 15.0 Å². The standard InChI is InChI=1S/C16H20N2O2S/c17-16-10-4-8-15(12-16)13-21(19,20)18-11-5-9-14-6-2-1-3-7-14/h1-4,6-8,10,12,18H,5,9,11,13,17H2. The number of hydrogen-bond donors (Lipinski definition) is 2. The maximum atomic E-state index is 12.0. The van der Waals surface area contributed by atoms with Gasteiger partial charge in [-0.2, -0.15) is 0 Å². The summed E-state index contributed by atoms with van der Waals surface area (Å²) in [6.07, 6.45) is 1.64. The number of benzene rings is 2. The molecule has 4 nitrogen and oxygen atoms in total. The molecule has 0 aliphatic rings. The molecule has 0 saturated carbocycles. The van der Waals surface area contributed by atoms with Gasteiger partial charge in [-0.1, -0.05) is 42.5 Å². The van der Waals surface area contributed by atoms with Crippen LogP contribution in [0, 0.1) is 0 Å². The smallest absolute Gasteiger partial charge is 0.215 e. The number of nitrogen functional groups attached to an aromatic ring is 1. The monoisotopic (exact) mass is 304 g/mol. The van der Waals surface area contributed by atoms with Gasteiger partial charge in [0.05, 0.1) is 5.75 Å². The average molecular weight is 304 g/mol. The predicted molar refractivity (Wildman–Crippen MR) is 86.2 cm³/mol. The van der Waals surface area contributed by atoms with Crippen molar-refractivity contribution in [1.82, 2.24) is 4.72 Å². The van der Waals surface area contributed by atoms with Crippen molar-refractivity contribution in [2.45, 2.75) is 18.6 Å². The zero-order valence-electron chi connectivity index (χ0n) is 11.8. The second-order valence-electron chi connectivity index (χ2n) is 4.99. The lowest BCUT2D eigenvalue weighted by Gasteiger charge is -2.07. The highest BCUT2D eigenvalue weighted by Crippen LogP contribution is 2.10. The largest absolute Gasteiger partial charge is 0.399 e. The fourth-order valence-corrected chi connectivity index (χ4v) is 3.29. The Balaban J connectivity index is 1.79. The van der Waals surface area contributed by atoms with Crippen molar-refractivity contribution in [2.24, 2.45) is 0 Å². The number of sulfonamides is 1. The van der Waals surface area contributed by atoms with Gasteiger partial charge in [-0.05, 0) is 36.1 Å². The fraction of sp³-hybridized carbons (Fsp3) is 0.250. The first kappa shape index (κ1) is 15.5. The molecule has 0 aromatic heterocycles. The minimum Gasteiger partial charge on any atom is -0.399 e. The molecule has 0 aliphatic heterocycles. The molecule has 2 rings (SSSR count). The van der Waals surface area contributed by atoms with E-state index in [0.29, 0.717) is 17.8 Å². The summed E-state index contributed by atoms with van der Waals surface area (Å²) in [6.45, 7) is 0.444. The van der Waals surface area contributed by atoms with Gasteiger partial charge in [0.15, 0.2) is 0 Å². The van der Waals surface area contributed by atoms with Crippen LogP contribution in [0.1, 0.15) is 17.5 Å². The zero-order chi connectivity index (χ0) is 15.1. The van der Waals surface area contributed by atoms with Gasteiger partial charge in [-0.3, -0.25) is 0 Å². The summed E-state index contributed by atoms with van der Waals surface area (Å²) >= 11 is 0. The molecule has 112 valence electrons. The normalized spacial score (nSPS) is 11.4. The van der Waals surface area contributed by atoms with E-state index in [2.05, 4.69) is 4.72 Å². The van der Waals surface area contributed by atoms with E-state index in [9.17, 15) is 8.42 Å². The molecule has 0 unspecified atom stereocenters. The maximum absolute atomic E-state index is 12.0. The number of rotatable bonds is 7. The molecule has 2 aromatic rings. The summed E-state index contributed by atoms with van der Waals surface area (Å²) < 4.78 is 26.6. The second kappa shape index (κ2) is 7.24. The third kappa shape index (κ3) is 5.57. The van der Waals surface area contributed by atoms with Gasteiger partial charge < -0.3 is 5.73 Å². The molecule has 0 bridgehead atoms. The highest BCUT2D eigenvalue weighted by Gasteiger charge is 2.10. The fourth-order valence-electron chi connectivity index (χ4n) is 2.12. The van der Waals surface area contributed by atoms with Gasteiger partial charge in [0.25, 0.3) is 0 Å². The number of nitrogens with two attached hydrogens (primary N) is 1. The van der Waals surface area contributed by atoms with Crippen molar-refractivity contribution in [3.05, 3.63) is 65.7 Å². The first-order valence-corrected chi connectivity index (χ1v) is 8.56. The Bertz CT molecular complexity index is 670. The summed E-state index contributed by atoms with van der Waals surface area (Å²) in [6, 6.07) is 17.0. The Morgan fingerprint density at radius 1 is 0.952 bits per heavy atom. The van der Waals surface area contributed by atoms with E-state index < -0.39 is 10.0 Å². The van der Waals surface area contributed by atoms with E-state index in [4.69, 9.17) is 5.73 Å². The molecule has 0 saturated heterocycles. The van der Waals surface area contributed by atoms with E-state index in [1.54, 1.807) is 24.3 Å². The van der Waals surface area contributed by atoms with Crippen molar-refractivity contribution >= 4 is 15.7 Å².